The van der Waals surface area contributed by atoms with E-state index in [1.807, 2.05) is 6.92 Å². The molecule has 0 aromatic rings. The molecule has 1 saturated heterocycles. The normalized spacial score (nSPS) is 19.8. The van der Waals surface area contributed by atoms with Gasteiger partial charge >= 0.3 is 0 Å². The van der Waals surface area contributed by atoms with Crippen molar-refractivity contribution in [3.05, 3.63) is 0 Å². The van der Waals surface area contributed by atoms with Crippen molar-refractivity contribution in [3.8, 4) is 0 Å². The van der Waals surface area contributed by atoms with Crippen LogP contribution in [0.25, 0.3) is 0 Å². The molecule has 0 radical (unpaired) electrons. The van der Waals surface area contributed by atoms with Crippen LogP contribution in [-0.2, 0) is 9.59 Å². The van der Waals surface area contributed by atoms with E-state index in [-0.39, 0.29) is 17.9 Å². The average molecular weight is 268 g/mol. The molecule has 1 unspecified atom stereocenters. The highest BCUT2D eigenvalue weighted by molar-refractivity contribution is 6.05. The summed E-state index contributed by atoms with van der Waals surface area (Å²) in [6.45, 7) is 7.67. The van der Waals surface area contributed by atoms with Gasteiger partial charge in [-0.1, -0.05) is 39.5 Å². The average Bonchev–Trinajstić information content (AvgIpc) is 2.62. The summed E-state index contributed by atoms with van der Waals surface area (Å²) in [4.78, 5) is 24.7. The van der Waals surface area contributed by atoms with Crippen LogP contribution in [0, 0.1) is 5.92 Å². The zero-order chi connectivity index (χ0) is 14.3. The van der Waals surface area contributed by atoms with Gasteiger partial charge in [-0.2, -0.15) is 0 Å². The zero-order valence-electron chi connectivity index (χ0n) is 12.6. The Kier molecular flexibility index (Phi) is 7.06. The number of carbonyl (C=O) groups excluding carboxylic acids is 2. The maximum Gasteiger partial charge on any atom is 0.246 e. The molecule has 2 amide bonds. The first-order valence-corrected chi connectivity index (χ1v) is 7.63. The molecule has 0 aliphatic carbocycles. The van der Waals surface area contributed by atoms with Crippen LogP contribution in [-0.4, -0.2) is 35.8 Å². The van der Waals surface area contributed by atoms with E-state index in [2.05, 4.69) is 19.2 Å². The van der Waals surface area contributed by atoms with Gasteiger partial charge in [0.25, 0.3) is 0 Å². The summed E-state index contributed by atoms with van der Waals surface area (Å²) in [5.74, 6) is 0.703. The molecule has 0 bridgehead atoms. The molecule has 4 heteroatoms. The predicted molar refractivity (Wildman–Crippen MR) is 76.7 cm³/mol. The van der Waals surface area contributed by atoms with Gasteiger partial charge in [0.05, 0.1) is 12.5 Å². The molecule has 1 heterocycles. The molecule has 110 valence electrons. The largest absolute Gasteiger partial charge is 0.305 e. The Balaban J connectivity index is 2.07. The van der Waals surface area contributed by atoms with E-state index in [9.17, 15) is 9.59 Å². The van der Waals surface area contributed by atoms with Gasteiger partial charge in [0, 0.05) is 6.54 Å². The molecule has 0 aromatic carbocycles. The number of nitrogens with zero attached hydrogens (tertiary/aromatic N) is 1. The van der Waals surface area contributed by atoms with Gasteiger partial charge in [0.15, 0.2) is 0 Å². The van der Waals surface area contributed by atoms with E-state index < -0.39 is 0 Å². The number of rotatable bonds is 9. The molecule has 1 aliphatic heterocycles. The van der Waals surface area contributed by atoms with E-state index in [0.29, 0.717) is 13.0 Å². The molecule has 1 aliphatic rings. The van der Waals surface area contributed by atoms with Gasteiger partial charge in [-0.3, -0.25) is 14.5 Å². The molecule has 1 fully saturated rings. The Labute approximate surface area is 116 Å². The summed E-state index contributed by atoms with van der Waals surface area (Å²) in [6, 6.07) is -0.275. The Morgan fingerprint density at radius 3 is 2.47 bits per heavy atom. The highest BCUT2D eigenvalue weighted by Crippen LogP contribution is 2.13. The van der Waals surface area contributed by atoms with Crippen LogP contribution in [0.2, 0.25) is 0 Å². The highest BCUT2D eigenvalue weighted by atomic mass is 16.2. The van der Waals surface area contributed by atoms with Crippen molar-refractivity contribution in [3.63, 3.8) is 0 Å². The number of hydrogen-bond acceptors (Lipinski definition) is 3. The van der Waals surface area contributed by atoms with E-state index in [1.165, 1.54) is 30.6 Å². The van der Waals surface area contributed by atoms with Crippen LogP contribution in [0.15, 0.2) is 0 Å². The number of likely N-dealkylation sites (tertiary alicyclic amines) is 1. The monoisotopic (exact) mass is 268 g/mol. The van der Waals surface area contributed by atoms with E-state index in [1.54, 1.807) is 0 Å². The highest BCUT2D eigenvalue weighted by Gasteiger charge is 2.36. The zero-order valence-corrected chi connectivity index (χ0v) is 12.6. The van der Waals surface area contributed by atoms with Crippen LogP contribution in [0.3, 0.4) is 0 Å². The molecule has 0 saturated carbocycles. The lowest BCUT2D eigenvalue weighted by atomic mass is 10.0. The van der Waals surface area contributed by atoms with Crippen molar-refractivity contribution in [1.29, 1.82) is 0 Å². The standard InChI is InChI=1S/C15H28N2O2/c1-4-17-14(18)11-13(15(17)19)16-10-8-6-5-7-9-12(2)3/h12-13,16H,4-11H2,1-3H3. The van der Waals surface area contributed by atoms with Crippen molar-refractivity contribution in [2.75, 3.05) is 13.1 Å². The second-order valence-corrected chi connectivity index (χ2v) is 5.78. The van der Waals surface area contributed by atoms with Crippen LogP contribution >= 0.6 is 0 Å². The molecule has 1 rings (SSSR count). The lowest BCUT2D eigenvalue weighted by molar-refractivity contribution is -0.138. The van der Waals surface area contributed by atoms with Crippen molar-refractivity contribution in [2.45, 2.75) is 65.3 Å². The van der Waals surface area contributed by atoms with Crippen LogP contribution in [0.1, 0.15) is 59.3 Å². The molecule has 1 atom stereocenters. The number of nitrogens with one attached hydrogen (secondary N) is 1. The predicted octanol–water partition coefficient (Wildman–Crippen LogP) is 2.33. The topological polar surface area (TPSA) is 49.4 Å². The van der Waals surface area contributed by atoms with Gasteiger partial charge < -0.3 is 5.32 Å². The number of carbonyl (C=O) groups is 2. The van der Waals surface area contributed by atoms with E-state index in [0.717, 1.165) is 18.9 Å². The molecule has 19 heavy (non-hydrogen) atoms. The smallest absolute Gasteiger partial charge is 0.246 e. The number of amides is 2. The minimum atomic E-state index is -0.275. The van der Waals surface area contributed by atoms with Crippen molar-refractivity contribution >= 4 is 11.8 Å². The van der Waals surface area contributed by atoms with Crippen molar-refractivity contribution in [2.24, 2.45) is 5.92 Å². The first-order valence-electron chi connectivity index (χ1n) is 7.63. The number of hydrogen-bond donors (Lipinski definition) is 1. The summed E-state index contributed by atoms with van der Waals surface area (Å²) < 4.78 is 0. The van der Waals surface area contributed by atoms with E-state index >= 15 is 0 Å². The SMILES string of the molecule is CCN1C(=O)CC(NCCCCCCC(C)C)C1=O. The lowest BCUT2D eigenvalue weighted by Crippen LogP contribution is -2.39. The van der Waals surface area contributed by atoms with Crippen LogP contribution in [0.5, 0.6) is 0 Å². The fourth-order valence-corrected chi connectivity index (χ4v) is 2.48. The quantitative estimate of drug-likeness (QED) is 0.516. The van der Waals surface area contributed by atoms with Crippen molar-refractivity contribution < 1.29 is 9.59 Å². The van der Waals surface area contributed by atoms with Gasteiger partial charge in [-0.05, 0) is 25.8 Å². The minimum Gasteiger partial charge on any atom is -0.305 e. The third kappa shape index (κ3) is 5.31. The molecular formula is C15H28N2O2. The van der Waals surface area contributed by atoms with Gasteiger partial charge in [0.1, 0.15) is 0 Å². The summed E-state index contributed by atoms with van der Waals surface area (Å²) in [5, 5.41) is 3.21. The Hall–Kier alpha value is -0.900. The first-order chi connectivity index (χ1) is 9.06. The fourth-order valence-electron chi connectivity index (χ4n) is 2.48. The third-order valence-electron chi connectivity index (χ3n) is 3.66. The summed E-state index contributed by atoms with van der Waals surface area (Å²) in [6.07, 6.45) is 6.48. The van der Waals surface area contributed by atoms with Crippen LogP contribution < -0.4 is 5.32 Å². The third-order valence-corrected chi connectivity index (χ3v) is 3.66. The van der Waals surface area contributed by atoms with Crippen molar-refractivity contribution in [1.82, 2.24) is 10.2 Å². The Morgan fingerprint density at radius 1 is 1.21 bits per heavy atom. The van der Waals surface area contributed by atoms with Gasteiger partial charge in [-0.15, -0.1) is 0 Å². The Bertz CT molecular complexity index is 303. The maximum absolute atomic E-state index is 11.8. The lowest BCUT2D eigenvalue weighted by Gasteiger charge is -2.13. The molecule has 0 spiro atoms. The van der Waals surface area contributed by atoms with Crippen LogP contribution in [0.4, 0.5) is 0 Å². The number of likely N-dealkylation sites (N-methyl/N-ethyl adjacent to an activating group) is 1. The first kappa shape index (κ1) is 16.2. The second-order valence-electron chi connectivity index (χ2n) is 5.78. The number of unbranched alkanes of at least 4 members (excludes halogenated alkanes) is 3. The fraction of sp³-hybridized carbons (Fsp3) is 0.867. The van der Waals surface area contributed by atoms with E-state index in [4.69, 9.17) is 0 Å². The molecule has 1 N–H and O–H groups in total. The maximum atomic E-state index is 11.8. The van der Waals surface area contributed by atoms with Gasteiger partial charge in [0.2, 0.25) is 11.8 Å². The molecule has 0 aromatic heterocycles. The molecule has 4 nitrogen and oxygen atoms in total. The second kappa shape index (κ2) is 8.31. The Morgan fingerprint density at radius 2 is 1.89 bits per heavy atom. The van der Waals surface area contributed by atoms with Gasteiger partial charge in [-0.25, -0.2) is 0 Å². The minimum absolute atomic E-state index is 0.0399. The summed E-state index contributed by atoms with van der Waals surface area (Å²) >= 11 is 0. The summed E-state index contributed by atoms with van der Waals surface area (Å²) in [5.41, 5.74) is 0. The molecular weight excluding hydrogens is 240 g/mol. The number of imide groups is 1. The summed E-state index contributed by atoms with van der Waals surface area (Å²) in [7, 11) is 0.